The summed E-state index contributed by atoms with van der Waals surface area (Å²) in [5.74, 6) is 0.904. The molecule has 36 heavy (non-hydrogen) atoms. The summed E-state index contributed by atoms with van der Waals surface area (Å²) < 4.78 is 5.33. The Morgan fingerprint density at radius 3 is 2.06 bits per heavy atom. The van der Waals surface area contributed by atoms with Gasteiger partial charge in [0.15, 0.2) is 5.78 Å². The molecule has 0 unspecified atom stereocenters. The Morgan fingerprint density at radius 1 is 0.972 bits per heavy atom. The number of piperidine rings is 1. The fourth-order valence-electron chi connectivity index (χ4n) is 3.62. The molecule has 2 aromatic rings. The molecule has 1 heterocycles. The van der Waals surface area contributed by atoms with E-state index in [0.717, 1.165) is 30.6 Å². The lowest BCUT2D eigenvalue weighted by atomic mass is 10.0. The van der Waals surface area contributed by atoms with E-state index in [2.05, 4.69) is 5.32 Å². The summed E-state index contributed by atoms with van der Waals surface area (Å²) in [6.45, 7) is 11.7. The van der Waals surface area contributed by atoms with Crippen molar-refractivity contribution in [2.75, 3.05) is 19.7 Å². The molecule has 0 saturated carbocycles. The first kappa shape index (κ1) is 30.4. The molecule has 3 rings (SSSR count). The van der Waals surface area contributed by atoms with Crippen LogP contribution in [0, 0.1) is 0 Å². The molecule has 1 N–H and O–H groups in total. The van der Waals surface area contributed by atoms with E-state index in [9.17, 15) is 14.4 Å². The van der Waals surface area contributed by atoms with Crippen molar-refractivity contribution in [3.05, 3.63) is 89.5 Å². The second-order valence-electron chi connectivity index (χ2n) is 7.75. The zero-order valence-corrected chi connectivity index (χ0v) is 22.2. The molecule has 0 aliphatic carbocycles. The van der Waals surface area contributed by atoms with Crippen molar-refractivity contribution in [2.45, 2.75) is 53.5 Å². The second kappa shape index (κ2) is 17.7. The minimum absolute atomic E-state index is 0.0358. The molecule has 2 aromatic carbocycles. The minimum Gasteiger partial charge on any atom is -0.494 e. The van der Waals surface area contributed by atoms with Crippen LogP contribution in [-0.4, -0.2) is 48.7 Å². The topological polar surface area (TPSA) is 75.7 Å². The Hall–Kier alpha value is -3.67. The number of amides is 2. The quantitative estimate of drug-likeness (QED) is 0.226. The highest BCUT2D eigenvalue weighted by atomic mass is 16.5. The summed E-state index contributed by atoms with van der Waals surface area (Å²) >= 11 is 0. The zero-order valence-electron chi connectivity index (χ0n) is 22.2. The van der Waals surface area contributed by atoms with Crippen LogP contribution in [0.3, 0.4) is 0 Å². The highest BCUT2D eigenvalue weighted by molar-refractivity contribution is 6.09. The number of nitrogens with one attached hydrogen (secondary N) is 1. The molecular weight excluding hydrogens is 452 g/mol. The van der Waals surface area contributed by atoms with E-state index < -0.39 is 0 Å². The van der Waals surface area contributed by atoms with Crippen LogP contribution in [0.25, 0.3) is 0 Å². The van der Waals surface area contributed by atoms with Gasteiger partial charge in [0.25, 0.3) is 5.91 Å². The van der Waals surface area contributed by atoms with Gasteiger partial charge in [-0.05, 0) is 57.9 Å². The van der Waals surface area contributed by atoms with Gasteiger partial charge in [0.2, 0.25) is 6.41 Å². The van der Waals surface area contributed by atoms with Crippen molar-refractivity contribution < 1.29 is 19.1 Å². The maximum atomic E-state index is 12.1. The smallest absolute Gasteiger partial charge is 0.253 e. The van der Waals surface area contributed by atoms with Gasteiger partial charge in [-0.15, -0.1) is 0 Å². The van der Waals surface area contributed by atoms with Gasteiger partial charge in [-0.1, -0.05) is 62.4 Å². The number of hydrogen-bond donors (Lipinski definition) is 1. The van der Waals surface area contributed by atoms with E-state index in [-0.39, 0.29) is 17.7 Å². The lowest BCUT2D eigenvalue weighted by molar-refractivity contribution is -0.127. The third-order valence-corrected chi connectivity index (χ3v) is 5.45. The van der Waals surface area contributed by atoms with Gasteiger partial charge in [0, 0.05) is 35.8 Å². The van der Waals surface area contributed by atoms with Crippen LogP contribution in [0.4, 0.5) is 0 Å². The largest absolute Gasteiger partial charge is 0.494 e. The maximum absolute atomic E-state index is 12.1. The van der Waals surface area contributed by atoms with Crippen molar-refractivity contribution >= 4 is 18.1 Å². The number of carbonyl (C=O) groups is 3. The number of allylic oxidation sites excluding steroid dienone is 2. The SMILES string of the molecule is C/C=C\C(=C/C)C(=O)N1CCC(NC=O)CC1.CC.CCOc1ccc(C(=O)c2ccccc2)cc1. The monoisotopic (exact) mass is 492 g/mol. The van der Waals surface area contributed by atoms with Crippen molar-refractivity contribution in [3.63, 3.8) is 0 Å². The Labute approximate surface area is 216 Å². The molecule has 0 atom stereocenters. The molecule has 1 saturated heterocycles. The lowest BCUT2D eigenvalue weighted by Crippen LogP contribution is -2.44. The van der Waals surface area contributed by atoms with Crippen molar-refractivity contribution in [1.29, 1.82) is 0 Å². The number of benzene rings is 2. The van der Waals surface area contributed by atoms with Crippen LogP contribution in [0.15, 0.2) is 78.4 Å². The molecule has 0 spiro atoms. The van der Waals surface area contributed by atoms with Gasteiger partial charge in [0.1, 0.15) is 5.75 Å². The van der Waals surface area contributed by atoms with Gasteiger partial charge in [-0.2, -0.15) is 0 Å². The average molecular weight is 493 g/mol. The maximum Gasteiger partial charge on any atom is 0.253 e. The number of carbonyl (C=O) groups excluding carboxylic acids is 3. The van der Waals surface area contributed by atoms with Crippen LogP contribution in [-0.2, 0) is 9.59 Å². The number of nitrogens with zero attached hydrogens (tertiary/aromatic N) is 1. The number of ether oxygens (including phenoxy) is 1. The molecular formula is C30H40N2O4. The zero-order chi connectivity index (χ0) is 26.8. The molecule has 1 aliphatic rings. The summed E-state index contributed by atoms with van der Waals surface area (Å²) in [7, 11) is 0. The summed E-state index contributed by atoms with van der Waals surface area (Å²) in [5.41, 5.74) is 2.12. The van der Waals surface area contributed by atoms with Crippen molar-refractivity contribution in [1.82, 2.24) is 10.2 Å². The Balaban J connectivity index is 0.000000337. The summed E-state index contributed by atoms with van der Waals surface area (Å²) in [6.07, 6.45) is 7.93. The van der Waals surface area contributed by atoms with E-state index in [1.165, 1.54) is 0 Å². The lowest BCUT2D eigenvalue weighted by Gasteiger charge is -2.31. The molecule has 0 bridgehead atoms. The fraction of sp³-hybridized carbons (Fsp3) is 0.367. The molecule has 0 radical (unpaired) electrons. The molecule has 1 aliphatic heterocycles. The predicted octanol–water partition coefficient (Wildman–Crippen LogP) is 5.59. The van der Waals surface area contributed by atoms with Crippen LogP contribution in [0.2, 0.25) is 0 Å². The van der Waals surface area contributed by atoms with Gasteiger partial charge >= 0.3 is 0 Å². The number of hydrogen-bond acceptors (Lipinski definition) is 4. The van der Waals surface area contributed by atoms with Crippen LogP contribution in [0.1, 0.15) is 63.4 Å². The molecule has 6 nitrogen and oxygen atoms in total. The predicted molar refractivity (Wildman–Crippen MR) is 146 cm³/mol. The molecule has 194 valence electrons. The highest BCUT2D eigenvalue weighted by Crippen LogP contribution is 2.16. The van der Waals surface area contributed by atoms with Gasteiger partial charge < -0.3 is 15.0 Å². The Morgan fingerprint density at radius 2 is 1.56 bits per heavy atom. The molecule has 2 amide bonds. The second-order valence-corrected chi connectivity index (χ2v) is 7.75. The van der Waals surface area contributed by atoms with Crippen LogP contribution >= 0.6 is 0 Å². The van der Waals surface area contributed by atoms with Gasteiger partial charge in [-0.25, -0.2) is 0 Å². The van der Waals surface area contributed by atoms with E-state index >= 15 is 0 Å². The van der Waals surface area contributed by atoms with E-state index in [4.69, 9.17) is 4.74 Å². The van der Waals surface area contributed by atoms with E-state index in [1.54, 1.807) is 12.1 Å². The Kier molecular flexibility index (Phi) is 14.9. The standard InChI is InChI=1S/C15H14O2.C13H20N2O2.C2H6/c1-2-17-14-10-8-13(9-11-14)15(16)12-6-4-3-5-7-12;1-3-5-11(4-2)13(17)15-8-6-12(7-9-15)14-10-16;1-2/h3-11H,2H2,1H3;3-5,10,12H,6-9H2,1-2H3,(H,14,16);1-2H3/b;5-3-,11-4+;. The van der Waals surface area contributed by atoms with Gasteiger partial charge in [-0.3, -0.25) is 14.4 Å². The van der Waals surface area contributed by atoms with E-state index in [0.29, 0.717) is 30.8 Å². The summed E-state index contributed by atoms with van der Waals surface area (Å²) in [4.78, 5) is 36.3. The number of rotatable bonds is 8. The third-order valence-electron chi connectivity index (χ3n) is 5.45. The molecule has 0 aromatic heterocycles. The minimum atomic E-state index is 0.0358. The van der Waals surface area contributed by atoms with E-state index in [1.807, 2.05) is 100 Å². The van der Waals surface area contributed by atoms with Gasteiger partial charge in [0.05, 0.1) is 6.61 Å². The van der Waals surface area contributed by atoms with Crippen LogP contribution < -0.4 is 10.1 Å². The first-order valence-corrected chi connectivity index (χ1v) is 12.6. The Bertz CT molecular complexity index is 974. The number of likely N-dealkylation sites (tertiary alicyclic amines) is 1. The highest BCUT2D eigenvalue weighted by Gasteiger charge is 2.23. The summed E-state index contributed by atoms with van der Waals surface area (Å²) in [5, 5.41) is 2.77. The molecule has 1 fully saturated rings. The first-order valence-electron chi connectivity index (χ1n) is 12.6. The van der Waals surface area contributed by atoms with Crippen molar-refractivity contribution in [3.8, 4) is 5.75 Å². The summed E-state index contributed by atoms with van der Waals surface area (Å²) in [6, 6.07) is 16.7. The fourth-order valence-corrected chi connectivity index (χ4v) is 3.62. The first-order chi connectivity index (χ1) is 17.5. The average Bonchev–Trinajstić information content (AvgIpc) is 2.94. The van der Waals surface area contributed by atoms with Crippen molar-refractivity contribution in [2.24, 2.45) is 0 Å². The normalized spacial score (nSPS) is 13.6. The number of ketones is 1. The molecule has 6 heteroatoms. The third kappa shape index (κ3) is 9.90. The van der Waals surface area contributed by atoms with Crippen LogP contribution in [0.5, 0.6) is 5.75 Å².